The first-order valence-corrected chi connectivity index (χ1v) is 3.19. The number of rotatable bonds is 1. The third kappa shape index (κ3) is 1.21. The van der Waals surface area contributed by atoms with Crippen molar-refractivity contribution in [3.8, 4) is 0 Å². The van der Waals surface area contributed by atoms with Gasteiger partial charge in [-0.3, -0.25) is 9.98 Å². The molecule has 0 saturated heterocycles. The van der Waals surface area contributed by atoms with Gasteiger partial charge in [0, 0.05) is 12.7 Å². The van der Waals surface area contributed by atoms with Crippen LogP contribution in [0.25, 0.3) is 0 Å². The first-order valence-electron chi connectivity index (χ1n) is 3.19. The Balaban J connectivity index is 3.55. The molecule has 0 aliphatic heterocycles. The Morgan fingerprint density at radius 1 is 1.82 bits per heavy atom. The van der Waals surface area contributed by atoms with Crippen LogP contribution >= 0.6 is 0 Å². The molecular weight excluding hydrogens is 149 g/mol. The van der Waals surface area contributed by atoms with Crippen LogP contribution in [0, 0.1) is 11.2 Å². The maximum absolute atomic E-state index is 12.6. The zero-order chi connectivity index (χ0) is 8.43. The molecule has 1 heterocycles. The van der Waals surface area contributed by atoms with Gasteiger partial charge in [-0.1, -0.05) is 0 Å². The summed E-state index contributed by atoms with van der Waals surface area (Å²) in [6, 6.07) is 0. The Bertz CT molecular complexity index is 365. The molecule has 11 heavy (non-hydrogen) atoms. The summed E-state index contributed by atoms with van der Waals surface area (Å²) >= 11 is 0. The number of hydrogen-bond acceptors (Lipinski definition) is 2. The fourth-order valence-corrected chi connectivity index (χ4v) is 0.804. The molecule has 1 rings (SSSR count). The molecule has 0 unspecified atom stereocenters. The maximum Gasteiger partial charge on any atom is 0.327 e. The molecule has 0 saturated carbocycles. The third-order valence-corrected chi connectivity index (χ3v) is 1.38. The number of nitrogens with zero attached hydrogens (tertiary/aromatic N) is 1. The minimum absolute atomic E-state index is 0.298. The van der Waals surface area contributed by atoms with Gasteiger partial charge in [0.25, 0.3) is 0 Å². The van der Waals surface area contributed by atoms with E-state index in [9.17, 15) is 9.18 Å². The van der Waals surface area contributed by atoms with Crippen LogP contribution in [0.15, 0.2) is 11.0 Å². The second-order valence-electron chi connectivity index (χ2n) is 2.03. The zero-order valence-corrected chi connectivity index (χ0v) is 6.02. The average Bonchev–Trinajstić information content (AvgIpc) is 1.99. The number of aromatic amines is 1. The lowest BCUT2D eigenvalue weighted by Gasteiger charge is -1.99. The van der Waals surface area contributed by atoms with Gasteiger partial charge in [-0.05, 0) is 6.92 Å². The lowest BCUT2D eigenvalue weighted by atomic mass is 10.5. The highest BCUT2D eigenvalue weighted by Crippen LogP contribution is 1.78. The van der Waals surface area contributed by atoms with Gasteiger partial charge < -0.3 is 4.98 Å². The Kier molecular flexibility index (Phi) is 1.89. The molecule has 0 spiro atoms. The molecular formula is C6H8FN3O. The van der Waals surface area contributed by atoms with Gasteiger partial charge in [-0.15, -0.1) is 0 Å². The molecule has 2 N–H and O–H groups in total. The zero-order valence-electron chi connectivity index (χ0n) is 6.02. The highest BCUT2D eigenvalue weighted by atomic mass is 19.1. The predicted molar refractivity (Wildman–Crippen MR) is 36.5 cm³/mol. The Labute approximate surface area is 61.8 Å². The SMILES string of the molecule is CCn1c(=O)[nH]cc(F)c1=N. The number of hydrogen-bond donors (Lipinski definition) is 2. The molecule has 60 valence electrons. The second kappa shape index (κ2) is 2.69. The van der Waals surface area contributed by atoms with Gasteiger partial charge in [-0.2, -0.15) is 0 Å². The molecule has 5 heteroatoms. The summed E-state index contributed by atoms with van der Waals surface area (Å²) in [5, 5.41) is 7.10. The Morgan fingerprint density at radius 2 is 2.45 bits per heavy atom. The van der Waals surface area contributed by atoms with Gasteiger partial charge in [0.2, 0.25) is 0 Å². The molecule has 0 aromatic carbocycles. The van der Waals surface area contributed by atoms with Crippen LogP contribution in [-0.2, 0) is 6.54 Å². The van der Waals surface area contributed by atoms with Crippen molar-refractivity contribution >= 4 is 0 Å². The van der Waals surface area contributed by atoms with Crippen molar-refractivity contribution < 1.29 is 4.39 Å². The van der Waals surface area contributed by atoms with Gasteiger partial charge in [0.1, 0.15) is 0 Å². The molecule has 1 aromatic rings. The summed E-state index contributed by atoms with van der Waals surface area (Å²) in [6.45, 7) is 1.97. The highest BCUT2D eigenvalue weighted by Gasteiger charge is 1.99. The summed E-state index contributed by atoms with van der Waals surface area (Å²) in [5.41, 5.74) is -0.838. The summed E-state index contributed by atoms with van der Waals surface area (Å²) in [6.07, 6.45) is 0.886. The standard InChI is InChI=1S/C6H8FN3O/c1-2-10-5(8)4(7)3-9-6(10)11/h3,8H,2H2,1H3,(H,9,11). The minimum atomic E-state index is -0.716. The number of H-pyrrole nitrogens is 1. The van der Waals surface area contributed by atoms with Crippen molar-refractivity contribution in [1.29, 1.82) is 5.41 Å². The first-order chi connectivity index (χ1) is 5.16. The number of aromatic nitrogens is 2. The molecule has 0 fully saturated rings. The summed E-state index contributed by atoms with van der Waals surface area (Å²) in [4.78, 5) is 13.0. The normalized spacial score (nSPS) is 10.0. The third-order valence-electron chi connectivity index (χ3n) is 1.38. The largest absolute Gasteiger partial charge is 0.327 e. The quantitative estimate of drug-likeness (QED) is 0.583. The van der Waals surface area contributed by atoms with Crippen molar-refractivity contribution in [2.75, 3.05) is 0 Å². The molecule has 0 aliphatic rings. The van der Waals surface area contributed by atoms with E-state index < -0.39 is 11.5 Å². The lowest BCUT2D eigenvalue weighted by Crippen LogP contribution is -2.35. The topological polar surface area (TPSA) is 61.6 Å². The monoisotopic (exact) mass is 157 g/mol. The first kappa shape index (κ1) is 7.71. The van der Waals surface area contributed by atoms with Gasteiger partial charge in [0.05, 0.1) is 0 Å². The summed E-state index contributed by atoms with van der Waals surface area (Å²) in [7, 11) is 0. The number of nitrogens with one attached hydrogen (secondary N) is 2. The van der Waals surface area contributed by atoms with Crippen LogP contribution in [-0.4, -0.2) is 9.55 Å². The maximum atomic E-state index is 12.6. The molecule has 0 atom stereocenters. The van der Waals surface area contributed by atoms with E-state index in [4.69, 9.17) is 5.41 Å². The Hall–Kier alpha value is -1.39. The molecule has 0 amide bonds. The van der Waals surface area contributed by atoms with E-state index in [1.807, 2.05) is 0 Å². The summed E-state index contributed by atoms with van der Waals surface area (Å²) < 4.78 is 13.6. The molecule has 4 nitrogen and oxygen atoms in total. The summed E-state index contributed by atoms with van der Waals surface area (Å²) in [5.74, 6) is -0.716. The average molecular weight is 157 g/mol. The van der Waals surface area contributed by atoms with Gasteiger partial charge in [-0.25, -0.2) is 9.18 Å². The van der Waals surface area contributed by atoms with E-state index in [-0.39, 0.29) is 5.49 Å². The van der Waals surface area contributed by atoms with Crippen LogP contribution in [0.4, 0.5) is 4.39 Å². The fourth-order valence-electron chi connectivity index (χ4n) is 0.804. The smallest absolute Gasteiger partial charge is 0.311 e. The van der Waals surface area contributed by atoms with Crippen molar-refractivity contribution in [2.24, 2.45) is 0 Å². The van der Waals surface area contributed by atoms with E-state index in [0.717, 1.165) is 10.8 Å². The van der Waals surface area contributed by atoms with Crippen LogP contribution in [0.1, 0.15) is 6.92 Å². The van der Waals surface area contributed by atoms with Crippen molar-refractivity contribution in [3.05, 3.63) is 28.0 Å². The van der Waals surface area contributed by atoms with Gasteiger partial charge >= 0.3 is 5.69 Å². The second-order valence-corrected chi connectivity index (χ2v) is 2.03. The van der Waals surface area contributed by atoms with E-state index in [1.165, 1.54) is 0 Å². The van der Waals surface area contributed by atoms with E-state index >= 15 is 0 Å². The lowest BCUT2D eigenvalue weighted by molar-refractivity contribution is 0.534. The predicted octanol–water partition coefficient (Wildman–Crippen LogP) is -0.185. The number of halogens is 1. The molecule has 0 radical (unpaired) electrons. The van der Waals surface area contributed by atoms with Crippen LogP contribution in [0.3, 0.4) is 0 Å². The fraction of sp³-hybridized carbons (Fsp3) is 0.333. The van der Waals surface area contributed by atoms with Gasteiger partial charge in [0.15, 0.2) is 11.3 Å². The van der Waals surface area contributed by atoms with Crippen molar-refractivity contribution in [2.45, 2.75) is 13.5 Å². The van der Waals surface area contributed by atoms with E-state index in [0.29, 0.717) is 6.54 Å². The molecule has 1 aromatic heterocycles. The highest BCUT2D eigenvalue weighted by molar-refractivity contribution is 4.83. The van der Waals surface area contributed by atoms with E-state index in [1.54, 1.807) is 6.92 Å². The van der Waals surface area contributed by atoms with Crippen LogP contribution in [0.5, 0.6) is 0 Å². The molecule has 0 aliphatic carbocycles. The van der Waals surface area contributed by atoms with E-state index in [2.05, 4.69) is 4.98 Å². The van der Waals surface area contributed by atoms with Crippen molar-refractivity contribution in [1.82, 2.24) is 9.55 Å². The molecule has 0 bridgehead atoms. The Morgan fingerprint density at radius 3 is 2.91 bits per heavy atom. The minimum Gasteiger partial charge on any atom is -0.311 e. The van der Waals surface area contributed by atoms with Crippen LogP contribution < -0.4 is 11.2 Å². The van der Waals surface area contributed by atoms with Crippen LogP contribution in [0.2, 0.25) is 0 Å². The van der Waals surface area contributed by atoms with Crippen molar-refractivity contribution in [3.63, 3.8) is 0 Å².